The van der Waals surface area contributed by atoms with Crippen molar-refractivity contribution in [1.82, 2.24) is 4.98 Å². The van der Waals surface area contributed by atoms with Gasteiger partial charge in [-0.2, -0.15) is 0 Å². The molecule has 0 radical (unpaired) electrons. The Morgan fingerprint density at radius 3 is 2.86 bits per heavy atom. The van der Waals surface area contributed by atoms with Crippen LogP contribution in [0.25, 0.3) is 10.9 Å². The average Bonchev–Trinajstić information content (AvgIpc) is 2.49. The van der Waals surface area contributed by atoms with Crippen molar-refractivity contribution >= 4 is 38.4 Å². The van der Waals surface area contributed by atoms with Gasteiger partial charge in [0.05, 0.1) is 9.99 Å². The maximum Gasteiger partial charge on any atom is 0.139 e. The molecule has 0 aliphatic heterocycles. The van der Waals surface area contributed by atoms with E-state index < -0.39 is 0 Å². The van der Waals surface area contributed by atoms with E-state index in [4.69, 9.17) is 11.6 Å². The summed E-state index contributed by atoms with van der Waals surface area (Å²) in [5.41, 5.74) is 2.79. The number of hydrogen-bond donors (Lipinski definition) is 1. The second kappa shape index (κ2) is 3.55. The van der Waals surface area contributed by atoms with E-state index in [0.717, 1.165) is 22.2 Å². The van der Waals surface area contributed by atoms with Gasteiger partial charge in [0.2, 0.25) is 0 Å². The fourth-order valence-corrected chi connectivity index (χ4v) is 2.35. The van der Waals surface area contributed by atoms with Crippen molar-refractivity contribution in [2.75, 3.05) is 0 Å². The second-order valence-corrected chi connectivity index (χ2v) is 4.21. The van der Waals surface area contributed by atoms with Gasteiger partial charge in [-0.25, -0.2) is 4.39 Å². The molecule has 0 saturated carbocycles. The number of halogens is 3. The lowest BCUT2D eigenvalue weighted by Crippen LogP contribution is -1.79. The molecular weight excluding hydrogens is 268 g/mol. The van der Waals surface area contributed by atoms with Crippen LogP contribution in [0.5, 0.6) is 0 Å². The summed E-state index contributed by atoms with van der Waals surface area (Å²) in [7, 11) is 0. The first-order chi connectivity index (χ1) is 6.65. The van der Waals surface area contributed by atoms with Crippen molar-refractivity contribution in [3.05, 3.63) is 33.7 Å². The van der Waals surface area contributed by atoms with E-state index in [-0.39, 0.29) is 5.82 Å². The Balaban J connectivity index is 2.87. The van der Waals surface area contributed by atoms with Crippen LogP contribution in [0, 0.1) is 12.7 Å². The molecule has 1 aromatic carbocycles. The predicted molar refractivity (Wildman–Crippen MR) is 60.3 cm³/mol. The van der Waals surface area contributed by atoms with Crippen molar-refractivity contribution < 1.29 is 4.39 Å². The van der Waals surface area contributed by atoms with Crippen LogP contribution in [0.15, 0.2) is 16.6 Å². The zero-order valence-electron chi connectivity index (χ0n) is 7.50. The number of benzene rings is 1. The minimum absolute atomic E-state index is 0.264. The van der Waals surface area contributed by atoms with E-state index >= 15 is 0 Å². The normalized spacial score (nSPS) is 11.1. The number of aromatic amines is 1. The highest BCUT2D eigenvalue weighted by Crippen LogP contribution is 2.30. The SMILES string of the molecule is Cc1[nH]c2c(Br)c(F)ccc2c1CCl. The Hall–Kier alpha value is -0.540. The maximum atomic E-state index is 13.2. The Kier molecular flexibility index (Phi) is 2.54. The van der Waals surface area contributed by atoms with Crippen LogP contribution < -0.4 is 0 Å². The van der Waals surface area contributed by atoms with Gasteiger partial charge in [-0.15, -0.1) is 11.6 Å². The van der Waals surface area contributed by atoms with Gasteiger partial charge in [0.15, 0.2) is 0 Å². The Morgan fingerprint density at radius 1 is 1.50 bits per heavy atom. The highest BCUT2D eigenvalue weighted by atomic mass is 79.9. The van der Waals surface area contributed by atoms with Crippen LogP contribution in [-0.4, -0.2) is 4.98 Å². The van der Waals surface area contributed by atoms with Gasteiger partial charge in [-0.3, -0.25) is 0 Å². The lowest BCUT2D eigenvalue weighted by atomic mass is 10.1. The van der Waals surface area contributed by atoms with Crippen molar-refractivity contribution in [3.8, 4) is 0 Å². The van der Waals surface area contributed by atoms with Crippen LogP contribution in [0.2, 0.25) is 0 Å². The molecule has 1 N–H and O–H groups in total. The smallest absolute Gasteiger partial charge is 0.139 e. The fraction of sp³-hybridized carbons (Fsp3) is 0.200. The van der Waals surface area contributed by atoms with E-state index in [2.05, 4.69) is 20.9 Å². The lowest BCUT2D eigenvalue weighted by Gasteiger charge is -1.97. The van der Waals surface area contributed by atoms with Crippen LogP contribution >= 0.6 is 27.5 Å². The molecule has 0 aliphatic rings. The molecule has 2 aromatic rings. The van der Waals surface area contributed by atoms with E-state index in [1.807, 2.05) is 6.92 Å². The summed E-state index contributed by atoms with van der Waals surface area (Å²) in [6, 6.07) is 3.19. The van der Waals surface area contributed by atoms with Crippen LogP contribution in [-0.2, 0) is 5.88 Å². The zero-order chi connectivity index (χ0) is 10.3. The number of alkyl halides is 1. The number of aryl methyl sites for hydroxylation is 1. The molecule has 74 valence electrons. The molecule has 0 atom stereocenters. The molecule has 4 heteroatoms. The summed E-state index contributed by atoms with van der Waals surface area (Å²) in [5, 5.41) is 0.978. The molecule has 1 aromatic heterocycles. The van der Waals surface area contributed by atoms with Gasteiger partial charge in [0, 0.05) is 17.0 Å². The van der Waals surface area contributed by atoms with Gasteiger partial charge in [0.1, 0.15) is 5.82 Å². The Labute approximate surface area is 94.4 Å². The number of H-pyrrole nitrogens is 1. The van der Waals surface area contributed by atoms with Crippen molar-refractivity contribution in [2.24, 2.45) is 0 Å². The molecule has 0 fully saturated rings. The number of nitrogens with one attached hydrogen (secondary N) is 1. The molecule has 0 amide bonds. The number of hydrogen-bond acceptors (Lipinski definition) is 0. The lowest BCUT2D eigenvalue weighted by molar-refractivity contribution is 0.623. The molecule has 1 heterocycles. The molecule has 0 unspecified atom stereocenters. The summed E-state index contributed by atoms with van der Waals surface area (Å²) in [6.45, 7) is 1.93. The van der Waals surface area contributed by atoms with E-state index in [9.17, 15) is 4.39 Å². The number of fused-ring (bicyclic) bond motifs is 1. The van der Waals surface area contributed by atoms with Gasteiger partial charge >= 0.3 is 0 Å². The van der Waals surface area contributed by atoms with Gasteiger partial charge in [0.25, 0.3) is 0 Å². The van der Waals surface area contributed by atoms with Crippen molar-refractivity contribution in [3.63, 3.8) is 0 Å². The second-order valence-electron chi connectivity index (χ2n) is 3.15. The van der Waals surface area contributed by atoms with Crippen LogP contribution in [0.3, 0.4) is 0 Å². The monoisotopic (exact) mass is 275 g/mol. The van der Waals surface area contributed by atoms with Gasteiger partial charge in [-0.05, 0) is 40.5 Å². The van der Waals surface area contributed by atoms with E-state index in [0.29, 0.717) is 10.4 Å². The summed E-state index contributed by atoms with van der Waals surface area (Å²) in [4.78, 5) is 3.12. The maximum absolute atomic E-state index is 13.2. The number of rotatable bonds is 1. The third-order valence-electron chi connectivity index (χ3n) is 2.32. The average molecular weight is 277 g/mol. The van der Waals surface area contributed by atoms with Crippen LogP contribution in [0.1, 0.15) is 11.3 Å². The standard InChI is InChI=1S/C10H8BrClFN/c1-5-7(4-12)6-2-3-8(13)9(11)10(6)14-5/h2-3,14H,4H2,1H3. The molecule has 0 spiro atoms. The van der Waals surface area contributed by atoms with Gasteiger partial charge < -0.3 is 4.98 Å². The van der Waals surface area contributed by atoms with Crippen LogP contribution in [0.4, 0.5) is 4.39 Å². The summed E-state index contributed by atoms with van der Waals surface area (Å²) in [5.74, 6) is 0.170. The Bertz CT molecular complexity index is 492. The molecule has 2 rings (SSSR count). The summed E-state index contributed by atoms with van der Waals surface area (Å²) in [6.07, 6.45) is 0. The highest BCUT2D eigenvalue weighted by molar-refractivity contribution is 9.10. The molecule has 14 heavy (non-hydrogen) atoms. The largest absolute Gasteiger partial charge is 0.357 e. The predicted octanol–water partition coefficient (Wildman–Crippen LogP) is 4.12. The Morgan fingerprint density at radius 2 is 2.21 bits per heavy atom. The molecule has 0 bridgehead atoms. The number of aromatic nitrogens is 1. The first-order valence-corrected chi connectivity index (χ1v) is 5.49. The van der Waals surface area contributed by atoms with E-state index in [1.165, 1.54) is 6.07 Å². The summed E-state index contributed by atoms with van der Waals surface area (Å²) < 4.78 is 13.7. The third kappa shape index (κ3) is 1.35. The first kappa shape index (κ1) is 9.99. The van der Waals surface area contributed by atoms with Crippen molar-refractivity contribution in [1.29, 1.82) is 0 Å². The summed E-state index contributed by atoms with van der Waals surface area (Å²) >= 11 is 9.02. The van der Waals surface area contributed by atoms with E-state index in [1.54, 1.807) is 6.07 Å². The highest BCUT2D eigenvalue weighted by Gasteiger charge is 2.11. The minimum Gasteiger partial charge on any atom is -0.357 e. The first-order valence-electron chi connectivity index (χ1n) is 4.16. The molecular formula is C10H8BrClFN. The van der Waals surface area contributed by atoms with Crippen molar-refractivity contribution in [2.45, 2.75) is 12.8 Å². The molecule has 0 aliphatic carbocycles. The fourth-order valence-electron chi connectivity index (χ4n) is 1.56. The minimum atomic E-state index is -0.264. The third-order valence-corrected chi connectivity index (χ3v) is 3.36. The molecule has 1 nitrogen and oxygen atoms in total. The quantitative estimate of drug-likeness (QED) is 0.754. The van der Waals surface area contributed by atoms with Gasteiger partial charge in [-0.1, -0.05) is 0 Å². The topological polar surface area (TPSA) is 15.8 Å². The molecule has 0 saturated heterocycles. The zero-order valence-corrected chi connectivity index (χ0v) is 9.84.